The quantitative estimate of drug-likeness (QED) is 0.550. The van der Waals surface area contributed by atoms with Crippen LogP contribution in [-0.2, 0) is 6.54 Å². The number of para-hydroxylation sites is 1. The lowest BCUT2D eigenvalue weighted by molar-refractivity contribution is 0.101. The van der Waals surface area contributed by atoms with Crippen LogP contribution in [0.4, 0.5) is 5.69 Å². The number of phenolic OH excluding ortho intramolecular Hbond substituents is 1. The lowest BCUT2D eigenvalue weighted by Crippen LogP contribution is -2.17. The Hall–Kier alpha value is -3.19. The maximum atomic E-state index is 12.5. The maximum Gasteiger partial charge on any atom is 0.273 e. The molecule has 136 valence electrons. The highest BCUT2D eigenvalue weighted by Crippen LogP contribution is 2.36. The molecule has 0 aliphatic rings. The van der Waals surface area contributed by atoms with Crippen LogP contribution in [0.3, 0.4) is 0 Å². The molecule has 2 aromatic heterocycles. The van der Waals surface area contributed by atoms with E-state index < -0.39 is 0 Å². The van der Waals surface area contributed by atoms with E-state index in [1.165, 1.54) is 11.3 Å². The molecule has 0 unspecified atom stereocenters. The number of phenols is 1. The van der Waals surface area contributed by atoms with Gasteiger partial charge in [0.1, 0.15) is 16.5 Å². The van der Waals surface area contributed by atoms with Gasteiger partial charge in [0.25, 0.3) is 5.91 Å². The molecule has 0 saturated carbocycles. The van der Waals surface area contributed by atoms with Crippen molar-refractivity contribution < 1.29 is 9.90 Å². The molecule has 27 heavy (non-hydrogen) atoms. The van der Waals surface area contributed by atoms with E-state index in [1.807, 2.05) is 38.1 Å². The van der Waals surface area contributed by atoms with Gasteiger partial charge in [0.05, 0.1) is 21.5 Å². The van der Waals surface area contributed by atoms with Crippen molar-refractivity contribution in [1.82, 2.24) is 14.8 Å². The summed E-state index contributed by atoms with van der Waals surface area (Å²) < 4.78 is 2.72. The molecule has 0 radical (unpaired) electrons. The molecule has 6 nitrogen and oxygen atoms in total. The number of rotatable bonds is 4. The zero-order chi connectivity index (χ0) is 19.0. The highest BCUT2D eigenvalue weighted by molar-refractivity contribution is 7.21. The Balaban J connectivity index is 1.60. The van der Waals surface area contributed by atoms with E-state index in [-0.39, 0.29) is 11.7 Å². The molecule has 0 spiro atoms. The molecule has 0 saturated heterocycles. The van der Waals surface area contributed by atoms with Crippen molar-refractivity contribution in [2.45, 2.75) is 20.4 Å². The van der Waals surface area contributed by atoms with E-state index in [2.05, 4.69) is 15.4 Å². The number of nitrogens with one attached hydrogen (secondary N) is 1. The minimum atomic E-state index is -0.260. The van der Waals surface area contributed by atoms with Gasteiger partial charge in [-0.15, -0.1) is 11.3 Å². The zero-order valence-electron chi connectivity index (χ0n) is 14.9. The van der Waals surface area contributed by atoms with Crippen molar-refractivity contribution in [2.24, 2.45) is 0 Å². The van der Waals surface area contributed by atoms with Gasteiger partial charge in [-0.3, -0.25) is 9.48 Å². The Bertz CT molecular complexity index is 1110. The van der Waals surface area contributed by atoms with E-state index in [1.54, 1.807) is 28.9 Å². The van der Waals surface area contributed by atoms with Gasteiger partial charge in [-0.2, -0.15) is 5.10 Å². The molecule has 4 aromatic rings. The topological polar surface area (TPSA) is 80.0 Å². The molecule has 2 heterocycles. The molecule has 0 fully saturated rings. The number of anilines is 1. The molecule has 0 aliphatic heterocycles. The molecular weight excluding hydrogens is 360 g/mol. The molecule has 2 aromatic carbocycles. The largest absolute Gasteiger partial charge is 0.507 e. The lowest BCUT2D eigenvalue weighted by Gasteiger charge is -2.08. The van der Waals surface area contributed by atoms with Gasteiger partial charge in [0.2, 0.25) is 0 Å². The SMILES string of the molecule is CCn1nc(C)cc1C(=O)Nc1ccc(-c2nc3ccccc3s2)c(O)c1. The van der Waals surface area contributed by atoms with Crippen molar-refractivity contribution in [3.8, 4) is 16.3 Å². The number of thiazole rings is 1. The second-order valence-corrected chi connectivity index (χ2v) is 7.19. The second kappa shape index (κ2) is 6.85. The van der Waals surface area contributed by atoms with Crippen LogP contribution in [0.2, 0.25) is 0 Å². The fourth-order valence-corrected chi connectivity index (χ4v) is 3.94. The van der Waals surface area contributed by atoms with Crippen LogP contribution in [0.15, 0.2) is 48.5 Å². The zero-order valence-corrected chi connectivity index (χ0v) is 15.7. The summed E-state index contributed by atoms with van der Waals surface area (Å²) in [7, 11) is 0. The fourth-order valence-electron chi connectivity index (χ4n) is 2.94. The average Bonchev–Trinajstić information content (AvgIpc) is 3.24. The molecule has 0 atom stereocenters. The van der Waals surface area contributed by atoms with E-state index in [0.717, 1.165) is 20.9 Å². The maximum absolute atomic E-state index is 12.5. The van der Waals surface area contributed by atoms with E-state index in [9.17, 15) is 9.90 Å². The number of aromatic nitrogens is 3. The summed E-state index contributed by atoms with van der Waals surface area (Å²) in [5.74, 6) is -0.184. The van der Waals surface area contributed by atoms with Crippen molar-refractivity contribution in [3.63, 3.8) is 0 Å². The number of carbonyl (C=O) groups excluding carboxylic acids is 1. The van der Waals surface area contributed by atoms with E-state index in [4.69, 9.17) is 0 Å². The monoisotopic (exact) mass is 378 g/mol. The predicted molar refractivity (Wildman–Crippen MR) is 107 cm³/mol. The van der Waals surface area contributed by atoms with Crippen LogP contribution in [-0.4, -0.2) is 25.8 Å². The number of aryl methyl sites for hydroxylation is 2. The molecule has 7 heteroatoms. The Morgan fingerprint density at radius 2 is 2.04 bits per heavy atom. The second-order valence-electron chi connectivity index (χ2n) is 6.16. The summed E-state index contributed by atoms with van der Waals surface area (Å²) in [5.41, 5.74) is 3.34. The summed E-state index contributed by atoms with van der Waals surface area (Å²) in [4.78, 5) is 17.1. The number of fused-ring (bicyclic) bond motifs is 1. The van der Waals surface area contributed by atoms with Crippen molar-refractivity contribution >= 4 is 33.1 Å². The first-order chi connectivity index (χ1) is 13.0. The third-order valence-corrected chi connectivity index (χ3v) is 5.28. The van der Waals surface area contributed by atoms with Crippen molar-refractivity contribution in [2.75, 3.05) is 5.32 Å². The first kappa shape index (κ1) is 17.2. The Morgan fingerprint density at radius 1 is 1.22 bits per heavy atom. The third-order valence-electron chi connectivity index (χ3n) is 4.21. The number of carbonyl (C=O) groups is 1. The average molecular weight is 378 g/mol. The van der Waals surface area contributed by atoms with Gasteiger partial charge in [0, 0.05) is 18.3 Å². The minimum absolute atomic E-state index is 0.0760. The van der Waals surface area contributed by atoms with Crippen molar-refractivity contribution in [1.29, 1.82) is 0 Å². The highest BCUT2D eigenvalue weighted by Gasteiger charge is 2.15. The number of benzene rings is 2. The van der Waals surface area contributed by atoms with Gasteiger partial charge >= 0.3 is 0 Å². The number of hydrogen-bond donors (Lipinski definition) is 2. The van der Waals surface area contributed by atoms with Gasteiger partial charge < -0.3 is 10.4 Å². The summed E-state index contributed by atoms with van der Waals surface area (Å²) in [6.07, 6.45) is 0. The third kappa shape index (κ3) is 3.29. The lowest BCUT2D eigenvalue weighted by atomic mass is 10.2. The molecule has 1 amide bonds. The van der Waals surface area contributed by atoms with Crippen LogP contribution >= 0.6 is 11.3 Å². The van der Waals surface area contributed by atoms with Crippen LogP contribution in [0.25, 0.3) is 20.8 Å². The van der Waals surface area contributed by atoms with Crippen LogP contribution in [0.1, 0.15) is 23.1 Å². The first-order valence-electron chi connectivity index (χ1n) is 8.60. The van der Waals surface area contributed by atoms with Gasteiger partial charge in [-0.25, -0.2) is 4.98 Å². The molecule has 2 N–H and O–H groups in total. The number of aromatic hydroxyl groups is 1. The summed E-state index contributed by atoms with van der Waals surface area (Å²) >= 11 is 1.52. The van der Waals surface area contributed by atoms with Gasteiger partial charge in [-0.05, 0) is 44.2 Å². The number of hydrogen-bond acceptors (Lipinski definition) is 5. The molecule has 0 bridgehead atoms. The normalized spacial score (nSPS) is 11.0. The Kier molecular flexibility index (Phi) is 4.37. The Morgan fingerprint density at radius 3 is 2.78 bits per heavy atom. The van der Waals surface area contributed by atoms with Crippen LogP contribution < -0.4 is 5.32 Å². The fraction of sp³-hybridized carbons (Fsp3) is 0.150. The van der Waals surface area contributed by atoms with E-state index >= 15 is 0 Å². The number of amides is 1. The van der Waals surface area contributed by atoms with Crippen molar-refractivity contribution in [3.05, 3.63) is 59.9 Å². The summed E-state index contributed by atoms with van der Waals surface area (Å²) in [6.45, 7) is 4.39. The van der Waals surface area contributed by atoms with Crippen LogP contribution in [0.5, 0.6) is 5.75 Å². The first-order valence-corrected chi connectivity index (χ1v) is 9.41. The summed E-state index contributed by atoms with van der Waals surface area (Å²) in [6, 6.07) is 14.7. The van der Waals surface area contributed by atoms with E-state index in [0.29, 0.717) is 23.5 Å². The minimum Gasteiger partial charge on any atom is -0.507 e. The number of nitrogens with zero attached hydrogens (tertiary/aromatic N) is 3. The predicted octanol–water partition coefficient (Wildman–Crippen LogP) is 4.45. The summed E-state index contributed by atoms with van der Waals surface area (Å²) in [5, 5.41) is 18.3. The molecule has 4 rings (SSSR count). The molecular formula is C20H18N4O2S. The molecule has 0 aliphatic carbocycles. The van der Waals surface area contributed by atoms with Gasteiger partial charge in [0.15, 0.2) is 0 Å². The Labute approximate surface area is 160 Å². The smallest absolute Gasteiger partial charge is 0.273 e. The standard InChI is InChI=1S/C20H18N4O2S/c1-3-24-16(10-12(2)23-24)19(26)21-13-8-9-14(17(25)11-13)20-22-15-6-4-5-7-18(15)27-20/h4-11,25H,3H2,1-2H3,(H,21,26). The highest BCUT2D eigenvalue weighted by atomic mass is 32.1. The van der Waals surface area contributed by atoms with Gasteiger partial charge in [-0.1, -0.05) is 12.1 Å². The van der Waals surface area contributed by atoms with Crippen LogP contribution in [0, 0.1) is 6.92 Å².